The van der Waals surface area contributed by atoms with Gasteiger partial charge in [-0.15, -0.1) is 0 Å². The lowest BCUT2D eigenvalue weighted by molar-refractivity contribution is 0.0996. The van der Waals surface area contributed by atoms with Crippen LogP contribution in [-0.4, -0.2) is 25.9 Å². The number of nitrogens with two attached hydrogens (primary N) is 1. The van der Waals surface area contributed by atoms with E-state index >= 15 is 0 Å². The minimum absolute atomic E-state index is 0.160. The van der Waals surface area contributed by atoms with Crippen molar-refractivity contribution in [1.82, 2.24) is 20.0 Å². The van der Waals surface area contributed by atoms with Crippen molar-refractivity contribution in [3.05, 3.63) is 36.2 Å². The number of aromatic nitrogens is 4. The van der Waals surface area contributed by atoms with E-state index in [4.69, 9.17) is 5.73 Å². The van der Waals surface area contributed by atoms with Gasteiger partial charge in [-0.25, -0.2) is 0 Å². The number of benzene rings is 1. The average Bonchev–Trinajstić information content (AvgIpc) is 3.04. The molecule has 0 spiro atoms. The van der Waals surface area contributed by atoms with E-state index in [1.807, 2.05) is 24.3 Å². The molecule has 6 nitrogen and oxygen atoms in total. The van der Waals surface area contributed by atoms with Crippen LogP contribution in [0.3, 0.4) is 0 Å². The maximum absolute atomic E-state index is 11.3. The lowest BCUT2D eigenvalue weighted by Crippen LogP contribution is -2.12. The van der Waals surface area contributed by atoms with Gasteiger partial charge < -0.3 is 10.3 Å². The number of aromatic amines is 1. The van der Waals surface area contributed by atoms with Gasteiger partial charge in [-0.05, 0) is 32.0 Å². The van der Waals surface area contributed by atoms with Crippen molar-refractivity contribution in [3.63, 3.8) is 0 Å². The number of hydrogen-bond donors (Lipinski definition) is 2. The number of nitrogens with zero attached hydrogens (tertiary/aromatic N) is 3. The molecule has 3 rings (SSSR count). The highest BCUT2D eigenvalue weighted by Crippen LogP contribution is 2.26. The molecule has 0 aliphatic heterocycles. The molecule has 20 heavy (non-hydrogen) atoms. The molecule has 0 radical (unpaired) electrons. The summed E-state index contributed by atoms with van der Waals surface area (Å²) in [5.74, 6) is -0.589. The van der Waals surface area contributed by atoms with E-state index in [9.17, 15) is 4.79 Å². The smallest absolute Gasteiger partial charge is 0.271 e. The summed E-state index contributed by atoms with van der Waals surface area (Å²) in [5, 5.41) is 11.3. The maximum atomic E-state index is 11.3. The molecule has 0 bridgehead atoms. The Labute approximate surface area is 115 Å². The summed E-state index contributed by atoms with van der Waals surface area (Å²) >= 11 is 0. The van der Waals surface area contributed by atoms with Gasteiger partial charge in [0, 0.05) is 28.7 Å². The van der Waals surface area contributed by atoms with E-state index in [1.165, 1.54) is 0 Å². The Morgan fingerprint density at radius 3 is 2.80 bits per heavy atom. The Kier molecular flexibility index (Phi) is 2.78. The van der Waals surface area contributed by atoms with Crippen LogP contribution in [0.1, 0.15) is 30.4 Å². The third-order valence-corrected chi connectivity index (χ3v) is 3.33. The van der Waals surface area contributed by atoms with E-state index in [0.717, 1.165) is 16.5 Å². The van der Waals surface area contributed by atoms with E-state index in [1.54, 1.807) is 0 Å². The summed E-state index contributed by atoms with van der Waals surface area (Å²) in [6, 6.07) is 8.36. The van der Waals surface area contributed by atoms with Gasteiger partial charge in [-0.2, -0.15) is 15.4 Å². The molecule has 0 fully saturated rings. The third kappa shape index (κ3) is 1.85. The summed E-state index contributed by atoms with van der Waals surface area (Å²) in [6.45, 7) is 4.27. The van der Waals surface area contributed by atoms with Crippen LogP contribution < -0.4 is 5.73 Å². The fourth-order valence-corrected chi connectivity index (χ4v) is 2.37. The standard InChI is InChI=1S/C14H15N5O/c1-8(2)19-6-5-9-7-10(3-4-11(9)19)12-13(14(15)20)17-18-16-12/h3-8H,1-2H3,(H2,15,20)(H,16,17,18). The summed E-state index contributed by atoms with van der Waals surface area (Å²) in [5.41, 5.74) is 7.90. The third-order valence-electron chi connectivity index (χ3n) is 3.33. The van der Waals surface area contributed by atoms with Gasteiger partial charge in [0.1, 0.15) is 5.69 Å². The Balaban J connectivity index is 2.14. The molecule has 0 unspecified atom stereocenters. The van der Waals surface area contributed by atoms with Crippen LogP contribution in [0.4, 0.5) is 0 Å². The van der Waals surface area contributed by atoms with Crippen molar-refractivity contribution in [2.24, 2.45) is 5.73 Å². The summed E-state index contributed by atoms with van der Waals surface area (Å²) in [7, 11) is 0. The topological polar surface area (TPSA) is 89.6 Å². The summed E-state index contributed by atoms with van der Waals surface area (Å²) in [6.07, 6.45) is 2.05. The van der Waals surface area contributed by atoms with Crippen molar-refractivity contribution in [2.45, 2.75) is 19.9 Å². The zero-order valence-electron chi connectivity index (χ0n) is 11.3. The molecule has 3 N–H and O–H groups in total. The van der Waals surface area contributed by atoms with Gasteiger partial charge >= 0.3 is 0 Å². The van der Waals surface area contributed by atoms with Crippen molar-refractivity contribution in [1.29, 1.82) is 0 Å². The number of carbonyl (C=O) groups is 1. The van der Waals surface area contributed by atoms with Crippen LogP contribution in [0, 0.1) is 0 Å². The van der Waals surface area contributed by atoms with E-state index in [2.05, 4.69) is 40.0 Å². The number of rotatable bonds is 3. The fourth-order valence-electron chi connectivity index (χ4n) is 2.37. The van der Waals surface area contributed by atoms with E-state index in [0.29, 0.717) is 11.7 Å². The van der Waals surface area contributed by atoms with Gasteiger partial charge in [0.25, 0.3) is 5.91 Å². The lowest BCUT2D eigenvalue weighted by Gasteiger charge is -2.09. The SMILES string of the molecule is CC(C)n1ccc2cc(-c3n[nH]nc3C(N)=O)ccc21. The fraction of sp³-hybridized carbons (Fsp3) is 0.214. The highest BCUT2D eigenvalue weighted by Gasteiger charge is 2.16. The van der Waals surface area contributed by atoms with Gasteiger partial charge in [-0.1, -0.05) is 6.07 Å². The first-order chi connectivity index (χ1) is 9.58. The number of nitrogens with one attached hydrogen (secondary N) is 1. The van der Waals surface area contributed by atoms with Crippen LogP contribution in [0.25, 0.3) is 22.2 Å². The van der Waals surface area contributed by atoms with E-state index < -0.39 is 5.91 Å². The molecule has 0 aliphatic rings. The van der Waals surface area contributed by atoms with E-state index in [-0.39, 0.29) is 5.69 Å². The number of hydrogen-bond acceptors (Lipinski definition) is 3. The molecule has 2 aromatic heterocycles. The molecule has 0 saturated carbocycles. The van der Waals surface area contributed by atoms with Gasteiger partial charge in [0.2, 0.25) is 0 Å². The first-order valence-electron chi connectivity index (χ1n) is 6.39. The Bertz CT molecular complexity index is 784. The summed E-state index contributed by atoms with van der Waals surface area (Å²) < 4.78 is 2.19. The number of fused-ring (bicyclic) bond motifs is 1. The Morgan fingerprint density at radius 1 is 1.30 bits per heavy atom. The normalized spacial score (nSPS) is 11.3. The molecular weight excluding hydrogens is 254 g/mol. The predicted octanol–water partition coefficient (Wildman–Crippen LogP) is 2.11. The zero-order chi connectivity index (χ0) is 14.3. The molecule has 1 amide bonds. The molecule has 3 aromatic rings. The van der Waals surface area contributed by atoms with Crippen molar-refractivity contribution >= 4 is 16.8 Å². The lowest BCUT2D eigenvalue weighted by atomic mass is 10.1. The highest BCUT2D eigenvalue weighted by atomic mass is 16.1. The number of H-pyrrole nitrogens is 1. The van der Waals surface area contributed by atoms with Crippen LogP contribution in [0.5, 0.6) is 0 Å². The summed E-state index contributed by atoms with van der Waals surface area (Å²) in [4.78, 5) is 11.3. The molecule has 102 valence electrons. The molecule has 1 aromatic carbocycles. The molecular formula is C14H15N5O. The maximum Gasteiger partial charge on any atom is 0.271 e. The minimum atomic E-state index is -0.589. The Hall–Kier alpha value is -2.63. The molecule has 2 heterocycles. The first kappa shape index (κ1) is 12.4. The quantitative estimate of drug-likeness (QED) is 0.763. The van der Waals surface area contributed by atoms with Crippen LogP contribution in [0.15, 0.2) is 30.5 Å². The average molecular weight is 269 g/mol. The number of carbonyl (C=O) groups excluding carboxylic acids is 1. The molecule has 6 heteroatoms. The second kappa shape index (κ2) is 4.48. The molecule has 0 saturated heterocycles. The second-order valence-corrected chi connectivity index (χ2v) is 4.98. The predicted molar refractivity (Wildman–Crippen MR) is 76.2 cm³/mol. The second-order valence-electron chi connectivity index (χ2n) is 4.98. The molecule has 0 aliphatic carbocycles. The number of primary amides is 1. The first-order valence-corrected chi connectivity index (χ1v) is 6.39. The highest BCUT2D eigenvalue weighted by molar-refractivity contribution is 5.97. The van der Waals surface area contributed by atoms with Crippen molar-refractivity contribution < 1.29 is 4.79 Å². The van der Waals surface area contributed by atoms with Crippen LogP contribution in [0.2, 0.25) is 0 Å². The molecule has 0 atom stereocenters. The number of amides is 1. The zero-order valence-corrected chi connectivity index (χ0v) is 11.3. The van der Waals surface area contributed by atoms with Crippen LogP contribution >= 0.6 is 0 Å². The Morgan fingerprint density at radius 2 is 2.10 bits per heavy atom. The van der Waals surface area contributed by atoms with Crippen LogP contribution in [-0.2, 0) is 0 Å². The van der Waals surface area contributed by atoms with Gasteiger partial charge in [0.05, 0.1) is 0 Å². The van der Waals surface area contributed by atoms with Gasteiger partial charge in [0.15, 0.2) is 5.69 Å². The monoisotopic (exact) mass is 269 g/mol. The minimum Gasteiger partial charge on any atom is -0.364 e. The van der Waals surface area contributed by atoms with Gasteiger partial charge in [-0.3, -0.25) is 4.79 Å². The largest absolute Gasteiger partial charge is 0.364 e. The van der Waals surface area contributed by atoms with Crippen molar-refractivity contribution in [3.8, 4) is 11.3 Å². The van der Waals surface area contributed by atoms with Crippen molar-refractivity contribution in [2.75, 3.05) is 0 Å².